The van der Waals surface area contributed by atoms with E-state index < -0.39 is 0 Å². The monoisotopic (exact) mass is 300 g/mol. The van der Waals surface area contributed by atoms with E-state index in [1.807, 2.05) is 19.1 Å². The van der Waals surface area contributed by atoms with Gasteiger partial charge in [0, 0.05) is 28.0 Å². The molecular weight excluding hydrogens is 284 g/mol. The first-order chi connectivity index (χ1) is 9.06. The maximum Gasteiger partial charge on any atom is 0.246 e. The molecule has 1 aliphatic rings. The Kier molecular flexibility index (Phi) is 4.73. The molecule has 2 unspecified atom stereocenters. The van der Waals surface area contributed by atoms with E-state index in [2.05, 4.69) is 10.6 Å². The van der Waals surface area contributed by atoms with Crippen LogP contribution in [0.1, 0.15) is 24.9 Å². The van der Waals surface area contributed by atoms with Gasteiger partial charge in [0.15, 0.2) is 0 Å². The van der Waals surface area contributed by atoms with Crippen LogP contribution in [0.15, 0.2) is 17.0 Å². The molecular formula is C13H17ClN2O2S. The zero-order valence-corrected chi connectivity index (χ0v) is 12.4. The molecule has 1 aliphatic heterocycles. The van der Waals surface area contributed by atoms with E-state index in [-0.39, 0.29) is 23.8 Å². The summed E-state index contributed by atoms with van der Waals surface area (Å²) in [7, 11) is 1.75. The Labute approximate surface area is 121 Å². The molecule has 4 nitrogen and oxygen atoms in total. The standard InChI is InChI=1S/C13H17ClN2O2S/c1-7(3-4-17)19-11-6-10-8(5-9(11)14)12(15-2)13(18)16-10/h5-7,12,15,17H,3-4H2,1-2H3,(H,16,18). The van der Waals surface area contributed by atoms with Gasteiger partial charge in [-0.1, -0.05) is 18.5 Å². The number of carbonyl (C=O) groups excluding carboxylic acids is 1. The molecule has 0 radical (unpaired) electrons. The number of halogens is 1. The first kappa shape index (κ1) is 14.7. The first-order valence-electron chi connectivity index (χ1n) is 6.16. The molecule has 0 fully saturated rings. The van der Waals surface area contributed by atoms with Crippen LogP contribution < -0.4 is 10.6 Å². The third-order valence-electron chi connectivity index (χ3n) is 3.09. The lowest BCUT2D eigenvalue weighted by Crippen LogP contribution is -2.23. The van der Waals surface area contributed by atoms with Crippen molar-refractivity contribution in [3.05, 3.63) is 22.7 Å². The summed E-state index contributed by atoms with van der Waals surface area (Å²) in [5, 5.41) is 15.7. The number of carbonyl (C=O) groups is 1. The first-order valence-corrected chi connectivity index (χ1v) is 7.41. The molecule has 0 bridgehead atoms. The second-order valence-electron chi connectivity index (χ2n) is 4.52. The molecule has 3 N–H and O–H groups in total. The lowest BCUT2D eigenvalue weighted by Gasteiger charge is -2.13. The molecule has 0 aromatic heterocycles. The Balaban J connectivity index is 2.26. The number of hydrogen-bond donors (Lipinski definition) is 3. The predicted molar refractivity (Wildman–Crippen MR) is 78.9 cm³/mol. The van der Waals surface area contributed by atoms with Crippen LogP contribution in [0.3, 0.4) is 0 Å². The molecule has 19 heavy (non-hydrogen) atoms. The van der Waals surface area contributed by atoms with E-state index in [9.17, 15) is 4.79 Å². The SMILES string of the molecule is CNC1C(=O)Nc2cc(SC(C)CCO)c(Cl)cc21. The van der Waals surface area contributed by atoms with Gasteiger partial charge in [0.25, 0.3) is 0 Å². The van der Waals surface area contributed by atoms with Crippen molar-refractivity contribution in [2.75, 3.05) is 19.0 Å². The molecule has 6 heteroatoms. The second kappa shape index (κ2) is 6.13. The highest BCUT2D eigenvalue weighted by Crippen LogP contribution is 2.40. The zero-order valence-electron chi connectivity index (χ0n) is 10.9. The number of likely N-dealkylation sites (N-methyl/N-ethyl adjacent to an activating group) is 1. The van der Waals surface area contributed by atoms with Crippen molar-refractivity contribution in [1.29, 1.82) is 0 Å². The fourth-order valence-electron chi connectivity index (χ4n) is 2.10. The summed E-state index contributed by atoms with van der Waals surface area (Å²) in [5.41, 5.74) is 1.70. The molecule has 1 aromatic carbocycles. The normalized spacial score (nSPS) is 19.2. The average molecular weight is 301 g/mol. The highest BCUT2D eigenvalue weighted by molar-refractivity contribution is 8.00. The molecule has 104 valence electrons. The minimum Gasteiger partial charge on any atom is -0.396 e. The highest BCUT2D eigenvalue weighted by Gasteiger charge is 2.30. The molecule has 0 aliphatic carbocycles. The summed E-state index contributed by atoms with van der Waals surface area (Å²) in [6, 6.07) is 3.41. The quantitative estimate of drug-likeness (QED) is 0.731. The maximum absolute atomic E-state index is 11.8. The van der Waals surface area contributed by atoms with Crippen LogP contribution >= 0.6 is 23.4 Å². The van der Waals surface area contributed by atoms with Crippen molar-refractivity contribution in [2.24, 2.45) is 0 Å². The van der Waals surface area contributed by atoms with Crippen LogP contribution in [-0.4, -0.2) is 29.9 Å². The van der Waals surface area contributed by atoms with Crippen molar-refractivity contribution in [3.63, 3.8) is 0 Å². The lowest BCUT2D eigenvalue weighted by molar-refractivity contribution is -0.117. The number of anilines is 1. The van der Waals surface area contributed by atoms with Gasteiger partial charge in [0.2, 0.25) is 5.91 Å². The summed E-state index contributed by atoms with van der Waals surface area (Å²) in [6.45, 7) is 2.20. The van der Waals surface area contributed by atoms with Crippen LogP contribution in [0.4, 0.5) is 5.69 Å². The van der Waals surface area contributed by atoms with Gasteiger partial charge in [-0.05, 0) is 25.6 Å². The molecule has 0 saturated heterocycles. The Morgan fingerprint density at radius 1 is 1.58 bits per heavy atom. The lowest BCUT2D eigenvalue weighted by atomic mass is 10.1. The summed E-state index contributed by atoms with van der Waals surface area (Å²) < 4.78 is 0. The Bertz CT molecular complexity index is 496. The van der Waals surface area contributed by atoms with Crippen LogP contribution in [0.2, 0.25) is 5.02 Å². The van der Waals surface area contributed by atoms with Crippen LogP contribution in [0.25, 0.3) is 0 Å². The van der Waals surface area contributed by atoms with E-state index in [0.29, 0.717) is 11.4 Å². The van der Waals surface area contributed by atoms with E-state index >= 15 is 0 Å². The van der Waals surface area contributed by atoms with Gasteiger partial charge < -0.3 is 15.7 Å². The number of hydrogen-bond acceptors (Lipinski definition) is 4. The summed E-state index contributed by atoms with van der Waals surface area (Å²) in [5.74, 6) is -0.0564. The number of aliphatic hydroxyl groups is 1. The molecule has 0 spiro atoms. The van der Waals surface area contributed by atoms with Gasteiger partial charge in [-0.3, -0.25) is 4.79 Å². The van der Waals surface area contributed by atoms with Gasteiger partial charge in [0.05, 0.1) is 5.02 Å². The van der Waals surface area contributed by atoms with Crippen molar-refractivity contribution in [3.8, 4) is 0 Å². The fourth-order valence-corrected chi connectivity index (χ4v) is 3.42. The summed E-state index contributed by atoms with van der Waals surface area (Å²) >= 11 is 7.88. The van der Waals surface area contributed by atoms with Crippen molar-refractivity contribution < 1.29 is 9.90 Å². The topological polar surface area (TPSA) is 61.4 Å². The molecule has 2 atom stereocenters. The van der Waals surface area contributed by atoms with Crippen molar-refractivity contribution in [2.45, 2.75) is 29.5 Å². The van der Waals surface area contributed by atoms with E-state index in [1.165, 1.54) is 0 Å². The molecule has 1 amide bonds. The Hall–Kier alpha value is -0.750. The van der Waals surface area contributed by atoms with Crippen LogP contribution in [0, 0.1) is 0 Å². The van der Waals surface area contributed by atoms with Gasteiger partial charge >= 0.3 is 0 Å². The molecule has 0 saturated carbocycles. The van der Waals surface area contributed by atoms with Crippen LogP contribution in [0.5, 0.6) is 0 Å². The summed E-state index contributed by atoms with van der Waals surface area (Å²) in [4.78, 5) is 12.7. The van der Waals surface area contributed by atoms with Gasteiger partial charge in [0.1, 0.15) is 6.04 Å². The second-order valence-corrected chi connectivity index (χ2v) is 6.41. The van der Waals surface area contributed by atoms with Gasteiger partial charge in [-0.25, -0.2) is 0 Å². The smallest absolute Gasteiger partial charge is 0.246 e. The molecule has 2 rings (SSSR count). The van der Waals surface area contributed by atoms with E-state index in [0.717, 1.165) is 16.1 Å². The largest absolute Gasteiger partial charge is 0.396 e. The third kappa shape index (κ3) is 3.05. The Morgan fingerprint density at radius 2 is 2.32 bits per heavy atom. The van der Waals surface area contributed by atoms with E-state index in [4.69, 9.17) is 16.7 Å². The van der Waals surface area contributed by atoms with Crippen molar-refractivity contribution in [1.82, 2.24) is 5.32 Å². The Morgan fingerprint density at radius 3 is 2.95 bits per heavy atom. The van der Waals surface area contributed by atoms with Gasteiger partial charge in [-0.15, -0.1) is 11.8 Å². The fraction of sp³-hybridized carbons (Fsp3) is 0.462. The number of rotatable bonds is 5. The highest BCUT2D eigenvalue weighted by atomic mass is 35.5. The third-order valence-corrected chi connectivity index (χ3v) is 4.74. The molecule has 1 aromatic rings. The minimum atomic E-state index is -0.332. The number of aliphatic hydroxyl groups excluding tert-OH is 1. The van der Waals surface area contributed by atoms with Crippen molar-refractivity contribution >= 4 is 35.0 Å². The maximum atomic E-state index is 11.8. The van der Waals surface area contributed by atoms with Gasteiger partial charge in [-0.2, -0.15) is 0 Å². The number of benzene rings is 1. The zero-order chi connectivity index (χ0) is 14.0. The van der Waals surface area contributed by atoms with Crippen LogP contribution in [-0.2, 0) is 4.79 Å². The number of thioether (sulfide) groups is 1. The minimum absolute atomic E-state index is 0.0564. The number of amides is 1. The predicted octanol–water partition coefficient (Wildman–Crippen LogP) is 2.42. The summed E-state index contributed by atoms with van der Waals surface area (Å²) in [6.07, 6.45) is 0.712. The average Bonchev–Trinajstić information content (AvgIpc) is 2.64. The number of nitrogens with one attached hydrogen (secondary N) is 2. The van der Waals surface area contributed by atoms with E-state index in [1.54, 1.807) is 18.8 Å². The number of fused-ring (bicyclic) bond motifs is 1. The molecule has 1 heterocycles.